The third-order valence-electron chi connectivity index (χ3n) is 3.86. The fourth-order valence-electron chi connectivity index (χ4n) is 2.51. The second-order valence-electron chi connectivity index (χ2n) is 7.15. The van der Waals surface area contributed by atoms with E-state index in [0.29, 0.717) is 6.61 Å². The molecule has 0 aromatic carbocycles. The predicted octanol–water partition coefficient (Wildman–Crippen LogP) is 4.48. The molecule has 0 bridgehead atoms. The van der Waals surface area contributed by atoms with Crippen molar-refractivity contribution in [2.24, 2.45) is 0 Å². The van der Waals surface area contributed by atoms with Gasteiger partial charge in [0.2, 0.25) is 20.8 Å². The zero-order chi connectivity index (χ0) is 25.9. The third-order valence-corrected chi connectivity index (χ3v) is 3.86. The van der Waals surface area contributed by atoms with Gasteiger partial charge in [0.25, 0.3) is 0 Å². The number of hydrogen-bond donors (Lipinski definition) is 3. The molecule has 0 aromatic rings. The van der Waals surface area contributed by atoms with Gasteiger partial charge in [0.15, 0.2) is 6.29 Å². The molecule has 0 aliphatic rings. The summed E-state index contributed by atoms with van der Waals surface area (Å²) < 4.78 is 70.3. The number of unbranched alkanes of at least 4 members (excludes halogenated alkanes) is 13. The minimum atomic E-state index is -4.92. The van der Waals surface area contributed by atoms with Crippen molar-refractivity contribution in [3.8, 4) is 0 Å². The Hall–Kier alpha value is 0.426. The number of aliphatic hydroxyl groups is 1. The quantitative estimate of drug-likeness (QED) is 0.0889. The van der Waals surface area contributed by atoms with E-state index >= 15 is 0 Å². The van der Waals surface area contributed by atoms with Gasteiger partial charge < -0.3 is 18.9 Å². The first-order valence-electron chi connectivity index (χ1n) is 11.3. The second kappa shape index (κ2) is 32.4. The number of rotatable bonds is 15. The summed E-state index contributed by atoms with van der Waals surface area (Å²) in [4.78, 5) is 0. The van der Waals surface area contributed by atoms with Crippen molar-refractivity contribution in [3.63, 3.8) is 0 Å². The first kappa shape index (κ1) is 43.5. The molecule has 0 saturated carbocycles. The molecule has 0 aliphatic carbocycles. The van der Waals surface area contributed by atoms with Gasteiger partial charge in [0, 0.05) is 6.61 Å². The van der Waals surface area contributed by atoms with Crippen molar-refractivity contribution < 1.29 is 44.9 Å². The minimum Gasteiger partial charge on any atom is -0.726 e. The van der Waals surface area contributed by atoms with Crippen LogP contribution in [0.15, 0.2) is 0 Å². The van der Waals surface area contributed by atoms with Gasteiger partial charge in [0.1, 0.15) is 0 Å². The third kappa shape index (κ3) is 111. The standard InChI is InChI=1S/C16H34.C4H10O2.Mg.2H2O4S/c1-3-5-7-9-11-13-15-16-14-12-10-8-6-4-2;1-3-6-4(2)5;;2*1-5(2,3)4/h3-16H2,1-2H3;4-5H,3H2,1-2H3;;2*(H2,1,2,3,4)/q;;+2;;/p-2. The van der Waals surface area contributed by atoms with Gasteiger partial charge in [-0.25, -0.2) is 16.8 Å². The van der Waals surface area contributed by atoms with E-state index < -0.39 is 27.1 Å². The topological polar surface area (TPSA) is 184 Å². The van der Waals surface area contributed by atoms with Gasteiger partial charge in [-0.15, -0.1) is 0 Å². The summed E-state index contributed by atoms with van der Waals surface area (Å²) in [6.45, 7) is 8.59. The normalized spacial score (nSPS) is 11.4. The summed E-state index contributed by atoms with van der Waals surface area (Å²) in [5.41, 5.74) is 0. The maximum atomic E-state index is 8.63. The number of ether oxygens (including phenoxy) is 1. The predicted molar refractivity (Wildman–Crippen MR) is 130 cm³/mol. The van der Waals surface area contributed by atoms with Gasteiger partial charge >= 0.3 is 23.1 Å². The van der Waals surface area contributed by atoms with Crippen LogP contribution in [0.25, 0.3) is 0 Å². The molecule has 0 heterocycles. The maximum absolute atomic E-state index is 8.63. The zero-order valence-electron chi connectivity index (χ0n) is 20.9. The van der Waals surface area contributed by atoms with E-state index in [2.05, 4.69) is 18.6 Å². The van der Waals surface area contributed by atoms with Crippen molar-refractivity contribution in [3.05, 3.63) is 0 Å². The Morgan fingerprint density at radius 2 is 0.818 bits per heavy atom. The SMILES string of the molecule is CCCCCCCCCCCCCCCC.CCOC(C)O.O=S(=O)([O-])O.O=S(=O)([O-])O.[Mg+2]. The van der Waals surface area contributed by atoms with E-state index in [0.717, 1.165) is 0 Å². The Labute approximate surface area is 218 Å². The number of aliphatic hydroxyl groups excluding tert-OH is 1. The minimum absolute atomic E-state index is 0. The largest absolute Gasteiger partial charge is 2.00 e. The summed E-state index contributed by atoms with van der Waals surface area (Å²) >= 11 is 0. The van der Waals surface area contributed by atoms with Crippen LogP contribution in [0.1, 0.15) is 118 Å². The summed E-state index contributed by atoms with van der Waals surface area (Å²) in [6, 6.07) is 0. The molecule has 1 atom stereocenters. The van der Waals surface area contributed by atoms with Gasteiger partial charge in [-0.1, -0.05) is 104 Å². The fourth-order valence-corrected chi connectivity index (χ4v) is 2.51. The Bertz CT molecular complexity index is 481. The molecule has 1 unspecified atom stereocenters. The van der Waals surface area contributed by atoms with Crippen molar-refractivity contribution in [2.75, 3.05) is 6.61 Å². The van der Waals surface area contributed by atoms with Crippen molar-refractivity contribution in [1.82, 2.24) is 0 Å². The van der Waals surface area contributed by atoms with E-state index in [1.807, 2.05) is 6.92 Å². The molecular weight excluding hydrogens is 489 g/mol. The first-order valence-corrected chi connectivity index (χ1v) is 14.1. The summed E-state index contributed by atoms with van der Waals surface area (Å²) in [6.07, 6.45) is 19.8. The molecule has 33 heavy (non-hydrogen) atoms. The van der Waals surface area contributed by atoms with Gasteiger partial charge in [-0.2, -0.15) is 0 Å². The van der Waals surface area contributed by atoms with E-state index in [1.54, 1.807) is 6.92 Å². The van der Waals surface area contributed by atoms with Crippen LogP contribution in [-0.2, 0) is 25.5 Å². The molecule has 0 spiro atoms. The molecule has 0 rings (SSSR count). The molecule has 0 fully saturated rings. The van der Waals surface area contributed by atoms with Gasteiger partial charge in [0.05, 0.1) is 0 Å². The van der Waals surface area contributed by atoms with E-state index in [-0.39, 0.29) is 23.1 Å². The van der Waals surface area contributed by atoms with Crippen molar-refractivity contribution >= 4 is 43.9 Å². The molecule has 10 nitrogen and oxygen atoms in total. The van der Waals surface area contributed by atoms with Crippen LogP contribution in [0, 0.1) is 0 Å². The Morgan fingerprint density at radius 1 is 0.636 bits per heavy atom. The van der Waals surface area contributed by atoms with E-state index in [4.69, 9.17) is 40.2 Å². The second-order valence-corrected chi connectivity index (χ2v) is 8.86. The van der Waals surface area contributed by atoms with Crippen LogP contribution in [-0.4, -0.2) is 76.1 Å². The molecule has 0 aromatic heterocycles. The fraction of sp³-hybridized carbons (Fsp3) is 1.00. The van der Waals surface area contributed by atoms with Crippen LogP contribution in [0.4, 0.5) is 0 Å². The van der Waals surface area contributed by atoms with E-state index in [1.165, 1.54) is 89.9 Å². The maximum Gasteiger partial charge on any atom is 2.00 e. The van der Waals surface area contributed by atoms with Crippen molar-refractivity contribution in [2.45, 2.75) is 124 Å². The smallest absolute Gasteiger partial charge is 0.726 e. The number of hydrogen-bond acceptors (Lipinski definition) is 8. The van der Waals surface area contributed by atoms with Crippen LogP contribution < -0.4 is 0 Å². The average Bonchev–Trinajstić information content (AvgIpc) is 2.60. The average molecular weight is 535 g/mol. The molecule has 3 N–H and O–H groups in total. The zero-order valence-corrected chi connectivity index (χ0v) is 24.0. The van der Waals surface area contributed by atoms with E-state index in [9.17, 15) is 0 Å². The summed E-state index contributed by atoms with van der Waals surface area (Å²) in [7, 11) is -9.83. The molecule has 13 heteroatoms. The molecule has 0 radical (unpaired) electrons. The molecule has 0 saturated heterocycles. The summed E-state index contributed by atoms with van der Waals surface area (Å²) in [5, 5.41) is 8.33. The van der Waals surface area contributed by atoms with Gasteiger partial charge in [-0.05, 0) is 13.8 Å². The Morgan fingerprint density at radius 3 is 0.909 bits per heavy atom. The molecule has 0 aliphatic heterocycles. The van der Waals surface area contributed by atoms with Crippen molar-refractivity contribution in [1.29, 1.82) is 0 Å². The Kier molecular flexibility index (Phi) is 42.7. The molecule has 200 valence electrons. The first-order chi connectivity index (χ1) is 14.7. The Balaban J connectivity index is -0.000000126. The summed E-state index contributed by atoms with van der Waals surface area (Å²) in [5.74, 6) is 0. The van der Waals surface area contributed by atoms with Crippen LogP contribution >= 0.6 is 0 Å². The molecule has 0 amide bonds. The van der Waals surface area contributed by atoms with Crippen LogP contribution in [0.3, 0.4) is 0 Å². The van der Waals surface area contributed by atoms with Crippen LogP contribution in [0.2, 0.25) is 0 Å². The monoisotopic (exact) mass is 534 g/mol. The molecular formula is C20H46MgO10S2. The van der Waals surface area contributed by atoms with Crippen LogP contribution in [0.5, 0.6) is 0 Å². The van der Waals surface area contributed by atoms with Gasteiger partial charge in [-0.3, -0.25) is 9.11 Å².